The molecular formula is C24H37BrN2. The van der Waals surface area contributed by atoms with Crippen LogP contribution in [0.2, 0.25) is 0 Å². The molecule has 1 aliphatic carbocycles. The van der Waals surface area contributed by atoms with Crippen molar-refractivity contribution in [3.63, 3.8) is 0 Å². The molecule has 0 atom stereocenters. The van der Waals surface area contributed by atoms with Crippen LogP contribution in [0, 0.1) is 0 Å². The molecule has 3 rings (SSSR count). The highest BCUT2D eigenvalue weighted by molar-refractivity contribution is 5.90. The minimum atomic E-state index is 0. The number of nitrogens with two attached hydrogens (primary N) is 1. The summed E-state index contributed by atoms with van der Waals surface area (Å²) in [6, 6.07) is 8.71. The lowest BCUT2D eigenvalue weighted by Gasteiger charge is -2.10. The van der Waals surface area contributed by atoms with Gasteiger partial charge in [-0.25, -0.2) is 0 Å². The van der Waals surface area contributed by atoms with Crippen molar-refractivity contribution < 1.29 is 21.5 Å². The number of hydrogen-bond donors (Lipinski definition) is 1. The number of para-hydroxylation sites is 1. The zero-order chi connectivity index (χ0) is 18.2. The Morgan fingerprint density at radius 2 is 1.48 bits per heavy atom. The molecule has 0 saturated heterocycles. The van der Waals surface area contributed by atoms with Gasteiger partial charge in [0.25, 0.3) is 0 Å². The standard InChI is InChI=1S/C24H36N2.BrH/c1-2-3-4-5-6-7-8-9-10-13-19-26-22-17-12-11-15-20(22)24(25)21-16-14-18-23(21)26;/h11-12,15,17,25H,2-10,13-14,16,18-19H2,1H3;1H. The van der Waals surface area contributed by atoms with Crippen LogP contribution in [0.4, 0.5) is 5.69 Å². The third-order valence-electron chi connectivity index (χ3n) is 6.06. The zero-order valence-electron chi connectivity index (χ0n) is 17.1. The summed E-state index contributed by atoms with van der Waals surface area (Å²) in [5.41, 5.74) is 11.8. The number of nitrogen functional groups attached to an aromatic ring is 1. The van der Waals surface area contributed by atoms with Crippen LogP contribution >= 0.6 is 0 Å². The molecule has 0 aliphatic heterocycles. The van der Waals surface area contributed by atoms with Crippen LogP contribution in [0.5, 0.6) is 0 Å². The van der Waals surface area contributed by atoms with Gasteiger partial charge in [-0.2, -0.15) is 4.57 Å². The molecule has 0 saturated carbocycles. The normalized spacial score (nSPS) is 12.9. The summed E-state index contributed by atoms with van der Waals surface area (Å²) in [5, 5.41) is 1.25. The number of benzene rings is 1. The van der Waals surface area contributed by atoms with Crippen LogP contribution < -0.4 is 27.3 Å². The molecule has 2 aromatic rings. The maximum absolute atomic E-state index is 6.48. The van der Waals surface area contributed by atoms with Crippen LogP contribution in [-0.2, 0) is 19.4 Å². The Bertz CT molecular complexity index is 711. The van der Waals surface area contributed by atoms with E-state index in [1.807, 2.05) is 0 Å². The molecule has 2 N–H and O–H groups in total. The highest BCUT2D eigenvalue weighted by atomic mass is 79.9. The van der Waals surface area contributed by atoms with E-state index in [2.05, 4.69) is 35.8 Å². The van der Waals surface area contributed by atoms with Crippen LogP contribution in [0.1, 0.15) is 88.8 Å². The molecule has 3 heteroatoms. The van der Waals surface area contributed by atoms with E-state index in [4.69, 9.17) is 5.73 Å². The molecule has 0 bridgehead atoms. The average Bonchev–Trinajstić information content (AvgIpc) is 3.15. The predicted molar refractivity (Wildman–Crippen MR) is 112 cm³/mol. The minimum Gasteiger partial charge on any atom is -1.00 e. The van der Waals surface area contributed by atoms with Crippen LogP contribution in [-0.4, -0.2) is 0 Å². The molecular weight excluding hydrogens is 396 g/mol. The fourth-order valence-corrected chi connectivity index (χ4v) is 4.57. The monoisotopic (exact) mass is 432 g/mol. The van der Waals surface area contributed by atoms with Crippen LogP contribution in [0.3, 0.4) is 0 Å². The molecule has 1 aliphatic rings. The van der Waals surface area contributed by atoms with Gasteiger partial charge in [0, 0.05) is 24.5 Å². The maximum Gasteiger partial charge on any atom is 0.214 e. The summed E-state index contributed by atoms with van der Waals surface area (Å²) < 4.78 is 2.58. The first kappa shape index (κ1) is 22.2. The van der Waals surface area contributed by atoms with Crippen molar-refractivity contribution in [1.29, 1.82) is 0 Å². The molecule has 1 aromatic heterocycles. The Hall–Kier alpha value is -1.09. The third-order valence-corrected chi connectivity index (χ3v) is 6.06. The number of fused-ring (bicyclic) bond motifs is 2. The van der Waals surface area contributed by atoms with Gasteiger partial charge in [0.2, 0.25) is 5.52 Å². The lowest BCUT2D eigenvalue weighted by atomic mass is 10.0. The Morgan fingerprint density at radius 3 is 2.19 bits per heavy atom. The van der Waals surface area contributed by atoms with Crippen molar-refractivity contribution in [3.05, 3.63) is 35.5 Å². The number of halogens is 1. The summed E-state index contributed by atoms with van der Waals surface area (Å²) in [7, 11) is 0. The fourth-order valence-electron chi connectivity index (χ4n) is 4.57. The lowest BCUT2D eigenvalue weighted by molar-refractivity contribution is -0.679. The highest BCUT2D eigenvalue weighted by Gasteiger charge is 2.27. The first-order chi connectivity index (χ1) is 12.8. The average molecular weight is 433 g/mol. The summed E-state index contributed by atoms with van der Waals surface area (Å²) in [6.45, 7) is 3.44. The fraction of sp³-hybridized carbons (Fsp3) is 0.625. The van der Waals surface area contributed by atoms with Gasteiger partial charge in [-0.1, -0.05) is 70.4 Å². The number of aromatic nitrogens is 1. The minimum absolute atomic E-state index is 0. The molecule has 0 fully saturated rings. The summed E-state index contributed by atoms with van der Waals surface area (Å²) in [4.78, 5) is 0. The summed E-state index contributed by atoms with van der Waals surface area (Å²) >= 11 is 0. The quantitative estimate of drug-likeness (QED) is 0.428. The molecule has 0 radical (unpaired) electrons. The van der Waals surface area contributed by atoms with E-state index in [1.54, 1.807) is 0 Å². The lowest BCUT2D eigenvalue weighted by Crippen LogP contribution is -3.00. The molecule has 0 spiro atoms. The topological polar surface area (TPSA) is 29.9 Å². The van der Waals surface area contributed by atoms with Gasteiger partial charge in [0.05, 0.1) is 11.1 Å². The van der Waals surface area contributed by atoms with Gasteiger partial charge >= 0.3 is 0 Å². The largest absolute Gasteiger partial charge is 1.00 e. The highest BCUT2D eigenvalue weighted by Crippen LogP contribution is 2.30. The van der Waals surface area contributed by atoms with Crippen molar-refractivity contribution in [2.45, 2.75) is 96.9 Å². The van der Waals surface area contributed by atoms with E-state index < -0.39 is 0 Å². The van der Waals surface area contributed by atoms with Crippen molar-refractivity contribution in [2.75, 3.05) is 5.73 Å². The van der Waals surface area contributed by atoms with Crippen LogP contribution in [0.25, 0.3) is 10.9 Å². The van der Waals surface area contributed by atoms with E-state index in [0.29, 0.717) is 0 Å². The van der Waals surface area contributed by atoms with E-state index in [9.17, 15) is 0 Å². The molecule has 0 amide bonds. The first-order valence-corrected chi connectivity index (χ1v) is 11.0. The Kier molecular flexibility index (Phi) is 9.61. The number of rotatable bonds is 11. The van der Waals surface area contributed by atoms with Crippen molar-refractivity contribution >= 4 is 16.6 Å². The summed E-state index contributed by atoms with van der Waals surface area (Å²) in [6.07, 6.45) is 17.6. The Labute approximate surface area is 176 Å². The SMILES string of the molecule is CCCCCCCCCCCC[n+]1c2c(c(N)c3ccccc31)CCC2.[Br-]. The number of pyridine rings is 1. The Morgan fingerprint density at radius 1 is 0.852 bits per heavy atom. The van der Waals surface area contributed by atoms with Gasteiger partial charge in [-0.15, -0.1) is 0 Å². The number of aryl methyl sites for hydroxylation is 1. The second-order valence-electron chi connectivity index (χ2n) is 8.04. The molecule has 0 unspecified atom stereocenters. The van der Waals surface area contributed by atoms with Gasteiger partial charge in [0.1, 0.15) is 6.54 Å². The van der Waals surface area contributed by atoms with Crippen molar-refractivity contribution in [3.8, 4) is 0 Å². The molecule has 1 heterocycles. The predicted octanol–water partition coefficient (Wildman–Crippen LogP) is 3.12. The maximum atomic E-state index is 6.48. The van der Waals surface area contributed by atoms with Gasteiger partial charge in [-0.05, 0) is 25.3 Å². The first-order valence-electron chi connectivity index (χ1n) is 11.0. The van der Waals surface area contributed by atoms with E-state index in [1.165, 1.54) is 99.2 Å². The second kappa shape index (κ2) is 11.7. The molecule has 1 aromatic carbocycles. The summed E-state index contributed by atoms with van der Waals surface area (Å²) in [5.74, 6) is 0. The van der Waals surface area contributed by atoms with E-state index in [0.717, 1.165) is 18.7 Å². The number of anilines is 1. The van der Waals surface area contributed by atoms with Crippen LogP contribution in [0.15, 0.2) is 24.3 Å². The van der Waals surface area contributed by atoms with Gasteiger partial charge < -0.3 is 22.7 Å². The van der Waals surface area contributed by atoms with Crippen molar-refractivity contribution in [2.24, 2.45) is 0 Å². The zero-order valence-corrected chi connectivity index (χ0v) is 18.7. The smallest absolute Gasteiger partial charge is 0.214 e. The molecule has 150 valence electrons. The number of hydrogen-bond acceptors (Lipinski definition) is 1. The van der Waals surface area contributed by atoms with Gasteiger partial charge in [0.15, 0.2) is 5.69 Å². The Balaban J connectivity index is 0.00000261. The van der Waals surface area contributed by atoms with E-state index in [-0.39, 0.29) is 17.0 Å². The molecule has 2 nitrogen and oxygen atoms in total. The second-order valence-corrected chi connectivity index (χ2v) is 8.04. The molecule has 27 heavy (non-hydrogen) atoms. The third kappa shape index (κ3) is 5.70. The number of unbranched alkanes of at least 4 members (excludes halogenated alkanes) is 9. The van der Waals surface area contributed by atoms with E-state index >= 15 is 0 Å². The number of nitrogens with zero attached hydrogens (tertiary/aromatic N) is 1. The van der Waals surface area contributed by atoms with Gasteiger partial charge in [-0.3, -0.25) is 0 Å². The van der Waals surface area contributed by atoms with Crippen molar-refractivity contribution in [1.82, 2.24) is 0 Å².